The Morgan fingerprint density at radius 3 is 1.41 bits per heavy atom. The summed E-state index contributed by atoms with van der Waals surface area (Å²) < 4.78 is 0. The van der Waals surface area contributed by atoms with E-state index < -0.39 is 0 Å². The average molecular weight is 238 g/mol. The number of hydrogen-bond acceptors (Lipinski definition) is 2. The smallest absolute Gasteiger partial charge is 0.0240 e. The van der Waals surface area contributed by atoms with Crippen LogP contribution in [-0.2, 0) is 0 Å². The molecule has 2 heteroatoms. The number of piperidine rings is 1. The zero-order valence-corrected chi connectivity index (χ0v) is 12.4. The Hall–Kier alpha value is -0.0800. The van der Waals surface area contributed by atoms with E-state index in [1.54, 1.807) is 0 Å². The Kier molecular flexibility index (Phi) is 3.33. The van der Waals surface area contributed by atoms with E-state index in [-0.39, 0.29) is 0 Å². The van der Waals surface area contributed by atoms with Gasteiger partial charge >= 0.3 is 0 Å². The van der Waals surface area contributed by atoms with Gasteiger partial charge in [-0.25, -0.2) is 0 Å². The second-order valence-corrected chi connectivity index (χ2v) is 8.52. The molecule has 0 aromatic heterocycles. The monoisotopic (exact) mass is 238 g/mol. The van der Waals surface area contributed by atoms with E-state index in [2.05, 4.69) is 52.2 Å². The van der Waals surface area contributed by atoms with Crippen LogP contribution < -0.4 is 10.6 Å². The van der Waals surface area contributed by atoms with Crippen LogP contribution in [0.2, 0.25) is 0 Å². The van der Waals surface area contributed by atoms with Crippen LogP contribution in [0.25, 0.3) is 0 Å². The molecular weight excluding hydrogens is 208 g/mol. The van der Waals surface area contributed by atoms with E-state index in [0.29, 0.717) is 22.9 Å². The van der Waals surface area contributed by atoms with Gasteiger partial charge < -0.3 is 10.6 Å². The van der Waals surface area contributed by atoms with E-state index >= 15 is 0 Å². The van der Waals surface area contributed by atoms with Crippen LogP contribution in [0.4, 0.5) is 0 Å². The Bertz CT molecular complexity index is 240. The normalized spacial score (nSPS) is 37.8. The standard InChI is InChI=1S/C15H30N2/c1-14(2,3)8-12-10-7-11(16-10)13(17-12)9-15(4,5)6/h10-13,16-17H,7-9H2,1-6H3. The third-order valence-electron chi connectivity index (χ3n) is 4.00. The summed E-state index contributed by atoms with van der Waals surface area (Å²) in [4.78, 5) is 0. The lowest BCUT2D eigenvalue weighted by Crippen LogP contribution is -2.75. The molecule has 0 saturated carbocycles. The lowest BCUT2D eigenvalue weighted by Gasteiger charge is -2.55. The van der Waals surface area contributed by atoms with E-state index in [4.69, 9.17) is 0 Å². The van der Waals surface area contributed by atoms with Gasteiger partial charge in [0.15, 0.2) is 0 Å². The molecule has 3 aliphatic heterocycles. The molecule has 3 fully saturated rings. The highest BCUT2D eigenvalue weighted by molar-refractivity contribution is 5.09. The molecule has 0 radical (unpaired) electrons. The van der Waals surface area contributed by atoms with Crippen LogP contribution in [0, 0.1) is 10.8 Å². The van der Waals surface area contributed by atoms with Gasteiger partial charge in [-0.3, -0.25) is 0 Å². The zero-order valence-electron chi connectivity index (χ0n) is 12.4. The maximum atomic E-state index is 3.90. The van der Waals surface area contributed by atoms with Gasteiger partial charge in [0.25, 0.3) is 0 Å². The van der Waals surface area contributed by atoms with Crippen LogP contribution in [0.3, 0.4) is 0 Å². The van der Waals surface area contributed by atoms with Crippen molar-refractivity contribution >= 4 is 0 Å². The molecule has 0 spiro atoms. The fraction of sp³-hybridized carbons (Fsp3) is 1.00. The van der Waals surface area contributed by atoms with Gasteiger partial charge in [0, 0.05) is 24.2 Å². The number of piperazine rings is 1. The second-order valence-electron chi connectivity index (χ2n) is 8.52. The van der Waals surface area contributed by atoms with Crippen molar-refractivity contribution in [3.05, 3.63) is 0 Å². The topological polar surface area (TPSA) is 24.1 Å². The number of rotatable bonds is 2. The van der Waals surface area contributed by atoms with Crippen molar-refractivity contribution in [3.8, 4) is 0 Å². The van der Waals surface area contributed by atoms with Gasteiger partial charge in [-0.1, -0.05) is 41.5 Å². The third kappa shape index (κ3) is 3.45. The summed E-state index contributed by atoms with van der Waals surface area (Å²) in [5, 5.41) is 7.67. The highest BCUT2D eigenvalue weighted by Gasteiger charge is 2.46. The molecule has 3 aliphatic rings. The van der Waals surface area contributed by atoms with Crippen molar-refractivity contribution in [2.75, 3.05) is 0 Å². The predicted octanol–water partition coefficient (Wildman–Crippen LogP) is 2.93. The summed E-state index contributed by atoms with van der Waals surface area (Å²) in [5.41, 5.74) is 0.849. The van der Waals surface area contributed by atoms with Crippen molar-refractivity contribution in [2.24, 2.45) is 10.8 Å². The molecule has 2 bridgehead atoms. The lowest BCUT2D eigenvalue weighted by atomic mass is 9.72. The number of nitrogens with one attached hydrogen (secondary N) is 2. The first-order chi connectivity index (χ1) is 7.64. The minimum absolute atomic E-state index is 0.425. The Morgan fingerprint density at radius 1 is 0.765 bits per heavy atom. The fourth-order valence-electron chi connectivity index (χ4n) is 3.31. The van der Waals surface area contributed by atoms with Gasteiger partial charge in [-0.15, -0.1) is 0 Å². The van der Waals surface area contributed by atoms with Crippen molar-refractivity contribution in [3.63, 3.8) is 0 Å². The molecule has 0 aromatic carbocycles. The van der Waals surface area contributed by atoms with Gasteiger partial charge in [0.2, 0.25) is 0 Å². The van der Waals surface area contributed by atoms with Crippen LogP contribution in [0.1, 0.15) is 60.8 Å². The average Bonchev–Trinajstić information content (AvgIpc) is 1.92. The lowest BCUT2D eigenvalue weighted by molar-refractivity contribution is 0.0578. The van der Waals surface area contributed by atoms with Crippen molar-refractivity contribution < 1.29 is 0 Å². The molecule has 3 rings (SSSR count). The van der Waals surface area contributed by atoms with Crippen LogP contribution in [0.5, 0.6) is 0 Å². The first kappa shape index (κ1) is 13.4. The first-order valence-corrected chi connectivity index (χ1v) is 7.16. The molecule has 100 valence electrons. The highest BCUT2D eigenvalue weighted by atomic mass is 15.2. The zero-order chi connectivity index (χ0) is 12.8. The summed E-state index contributed by atoms with van der Waals surface area (Å²) in [5.74, 6) is 0. The van der Waals surface area contributed by atoms with E-state index in [1.807, 2.05) is 0 Å². The minimum Gasteiger partial charge on any atom is -0.308 e. The predicted molar refractivity (Wildman–Crippen MR) is 74.2 cm³/mol. The highest BCUT2D eigenvalue weighted by Crippen LogP contribution is 2.35. The quantitative estimate of drug-likeness (QED) is 0.773. The van der Waals surface area contributed by atoms with Crippen LogP contribution >= 0.6 is 0 Å². The third-order valence-corrected chi connectivity index (χ3v) is 4.00. The molecule has 0 aliphatic carbocycles. The van der Waals surface area contributed by atoms with Gasteiger partial charge in [-0.05, 0) is 30.1 Å². The van der Waals surface area contributed by atoms with E-state index in [1.165, 1.54) is 19.3 Å². The molecule has 0 aromatic rings. The van der Waals surface area contributed by atoms with Crippen LogP contribution in [-0.4, -0.2) is 24.2 Å². The Labute approximate surface area is 107 Å². The van der Waals surface area contributed by atoms with Crippen molar-refractivity contribution in [1.29, 1.82) is 0 Å². The molecule has 2 nitrogen and oxygen atoms in total. The molecule has 4 unspecified atom stereocenters. The second kappa shape index (κ2) is 4.24. The summed E-state index contributed by atoms with van der Waals surface area (Å²) in [7, 11) is 0. The SMILES string of the molecule is CC(C)(C)CC1NC(CC(C)(C)C)C2CC1N2. The molecular formula is C15H30N2. The molecule has 3 saturated heterocycles. The van der Waals surface area contributed by atoms with E-state index in [0.717, 1.165) is 12.1 Å². The fourth-order valence-corrected chi connectivity index (χ4v) is 3.31. The molecule has 2 N–H and O–H groups in total. The molecule has 3 heterocycles. The van der Waals surface area contributed by atoms with Gasteiger partial charge in [-0.2, -0.15) is 0 Å². The summed E-state index contributed by atoms with van der Waals surface area (Å²) in [6, 6.07) is 2.81. The van der Waals surface area contributed by atoms with Crippen molar-refractivity contribution in [2.45, 2.75) is 85.0 Å². The summed E-state index contributed by atoms with van der Waals surface area (Å²) in [6.07, 6.45) is 3.94. The maximum Gasteiger partial charge on any atom is 0.0240 e. The molecule has 17 heavy (non-hydrogen) atoms. The van der Waals surface area contributed by atoms with Crippen molar-refractivity contribution in [1.82, 2.24) is 10.6 Å². The van der Waals surface area contributed by atoms with E-state index in [9.17, 15) is 0 Å². The number of fused-ring (bicyclic) bond motifs is 2. The van der Waals surface area contributed by atoms with Crippen LogP contribution in [0.15, 0.2) is 0 Å². The summed E-state index contributed by atoms with van der Waals surface area (Å²) in [6.45, 7) is 14.1. The number of hydrogen-bond donors (Lipinski definition) is 2. The molecule has 0 amide bonds. The summed E-state index contributed by atoms with van der Waals surface area (Å²) >= 11 is 0. The Balaban J connectivity index is 1.94. The minimum atomic E-state index is 0.425. The maximum absolute atomic E-state index is 3.90. The Morgan fingerprint density at radius 2 is 1.12 bits per heavy atom. The molecule has 4 atom stereocenters. The van der Waals surface area contributed by atoms with Gasteiger partial charge in [0.05, 0.1) is 0 Å². The first-order valence-electron chi connectivity index (χ1n) is 7.16. The largest absolute Gasteiger partial charge is 0.308 e. The van der Waals surface area contributed by atoms with Gasteiger partial charge in [0.1, 0.15) is 0 Å².